The minimum Gasteiger partial charge on any atom is -0.394 e. The lowest BCUT2D eigenvalue weighted by atomic mass is 9.96. The highest BCUT2D eigenvalue weighted by atomic mass is 79.9. The fourth-order valence-electron chi connectivity index (χ4n) is 2.30. The van der Waals surface area contributed by atoms with E-state index in [1.165, 1.54) is 17.7 Å². The molecule has 0 saturated heterocycles. The molecule has 0 aromatic heterocycles. The molecule has 1 saturated carbocycles. The maximum atomic E-state index is 9.85. The van der Waals surface area contributed by atoms with E-state index >= 15 is 0 Å². The average Bonchev–Trinajstić information content (AvgIpc) is 3.26. The first-order valence-electron chi connectivity index (χ1n) is 6.94. The fraction of sp³-hybridized carbons (Fsp3) is 0.600. The Morgan fingerprint density at radius 1 is 1.37 bits per heavy atom. The van der Waals surface area contributed by atoms with E-state index in [9.17, 15) is 5.11 Å². The first kappa shape index (κ1) is 15.4. The third-order valence-corrected chi connectivity index (χ3v) is 5.47. The maximum absolute atomic E-state index is 9.85. The van der Waals surface area contributed by atoms with Gasteiger partial charge in [-0.15, -0.1) is 11.8 Å². The van der Waals surface area contributed by atoms with E-state index in [1.54, 1.807) is 0 Å². The summed E-state index contributed by atoms with van der Waals surface area (Å²) in [7, 11) is 0. The zero-order chi connectivity index (χ0) is 13.7. The van der Waals surface area contributed by atoms with Crippen molar-refractivity contribution in [2.75, 3.05) is 18.9 Å². The van der Waals surface area contributed by atoms with Crippen molar-refractivity contribution >= 4 is 27.7 Å². The van der Waals surface area contributed by atoms with Crippen molar-refractivity contribution in [2.24, 2.45) is 5.92 Å². The number of nitrogens with one attached hydrogen (secondary N) is 1. The van der Waals surface area contributed by atoms with Gasteiger partial charge in [-0.1, -0.05) is 22.9 Å². The molecule has 2 rings (SSSR count). The maximum Gasteiger partial charge on any atom is 0.0624 e. The monoisotopic (exact) mass is 343 g/mol. The number of thioether (sulfide) groups is 1. The second-order valence-corrected chi connectivity index (χ2v) is 7.22. The van der Waals surface area contributed by atoms with Crippen LogP contribution in [-0.2, 0) is 0 Å². The van der Waals surface area contributed by atoms with Crippen molar-refractivity contribution in [2.45, 2.75) is 36.6 Å². The van der Waals surface area contributed by atoms with Crippen LogP contribution in [0.3, 0.4) is 0 Å². The van der Waals surface area contributed by atoms with Crippen molar-refractivity contribution in [3.63, 3.8) is 0 Å². The Morgan fingerprint density at radius 3 is 2.58 bits per heavy atom. The molecule has 2 nitrogen and oxygen atoms in total. The first-order valence-corrected chi connectivity index (χ1v) is 8.72. The normalized spacial score (nSPS) is 18.3. The highest BCUT2D eigenvalue weighted by Crippen LogP contribution is 2.42. The van der Waals surface area contributed by atoms with Gasteiger partial charge in [-0.2, -0.15) is 0 Å². The van der Waals surface area contributed by atoms with Crippen LogP contribution in [0, 0.1) is 5.92 Å². The molecule has 0 bridgehead atoms. The van der Waals surface area contributed by atoms with Crippen LogP contribution in [0.15, 0.2) is 33.6 Å². The molecule has 0 heterocycles. The van der Waals surface area contributed by atoms with Gasteiger partial charge >= 0.3 is 0 Å². The van der Waals surface area contributed by atoms with Crippen LogP contribution >= 0.6 is 27.7 Å². The summed E-state index contributed by atoms with van der Waals surface area (Å²) >= 11 is 5.29. The van der Waals surface area contributed by atoms with Gasteiger partial charge in [-0.3, -0.25) is 0 Å². The summed E-state index contributed by atoms with van der Waals surface area (Å²) in [5, 5.41) is 13.4. The Labute approximate surface area is 128 Å². The molecule has 1 aliphatic carbocycles. The summed E-state index contributed by atoms with van der Waals surface area (Å²) in [5.74, 6) is 1.59. The molecule has 1 aliphatic rings. The van der Waals surface area contributed by atoms with Gasteiger partial charge in [0.25, 0.3) is 0 Å². The molecule has 1 atom stereocenters. The van der Waals surface area contributed by atoms with Crippen LogP contribution in [0.5, 0.6) is 0 Å². The van der Waals surface area contributed by atoms with E-state index in [0.29, 0.717) is 5.92 Å². The summed E-state index contributed by atoms with van der Waals surface area (Å²) < 4.78 is 1.11. The van der Waals surface area contributed by atoms with Gasteiger partial charge in [0.2, 0.25) is 0 Å². The van der Waals surface area contributed by atoms with Crippen LogP contribution in [-0.4, -0.2) is 29.5 Å². The zero-order valence-electron chi connectivity index (χ0n) is 11.4. The summed E-state index contributed by atoms with van der Waals surface area (Å²) in [5.41, 5.74) is -0.0895. The quantitative estimate of drug-likeness (QED) is 0.706. The molecule has 1 aromatic carbocycles. The predicted octanol–water partition coefficient (Wildman–Crippen LogP) is 3.68. The molecule has 0 spiro atoms. The Bertz CT molecular complexity index is 394. The van der Waals surface area contributed by atoms with Crippen molar-refractivity contribution in [1.29, 1.82) is 0 Å². The molecule has 0 radical (unpaired) electrons. The van der Waals surface area contributed by atoms with Gasteiger partial charge in [-0.25, -0.2) is 0 Å². The van der Waals surface area contributed by atoms with E-state index in [1.807, 2.05) is 11.8 Å². The molecule has 4 heteroatoms. The number of rotatable bonds is 8. The van der Waals surface area contributed by atoms with Crippen LogP contribution < -0.4 is 5.32 Å². The lowest BCUT2D eigenvalue weighted by molar-refractivity contribution is 0.159. The van der Waals surface area contributed by atoms with Crippen LogP contribution in [0.1, 0.15) is 26.2 Å². The highest BCUT2D eigenvalue weighted by Gasteiger charge is 2.44. The highest BCUT2D eigenvalue weighted by molar-refractivity contribution is 9.10. The van der Waals surface area contributed by atoms with Crippen molar-refractivity contribution in [1.82, 2.24) is 5.32 Å². The molecule has 1 aromatic rings. The minimum absolute atomic E-state index is 0.0895. The van der Waals surface area contributed by atoms with Crippen molar-refractivity contribution in [3.8, 4) is 0 Å². The second kappa shape index (κ2) is 7.11. The topological polar surface area (TPSA) is 32.3 Å². The average molecular weight is 344 g/mol. The molecule has 19 heavy (non-hydrogen) atoms. The predicted molar refractivity (Wildman–Crippen MR) is 85.7 cm³/mol. The Balaban J connectivity index is 1.97. The summed E-state index contributed by atoms with van der Waals surface area (Å²) in [4.78, 5) is 1.26. The molecule has 0 aliphatic heterocycles. The molecule has 1 unspecified atom stereocenters. The van der Waals surface area contributed by atoms with E-state index in [0.717, 1.165) is 23.2 Å². The van der Waals surface area contributed by atoms with E-state index in [2.05, 4.69) is 52.4 Å². The van der Waals surface area contributed by atoms with Gasteiger partial charge in [0, 0.05) is 15.1 Å². The first-order chi connectivity index (χ1) is 9.20. The van der Waals surface area contributed by atoms with E-state index in [-0.39, 0.29) is 12.1 Å². The lowest BCUT2D eigenvalue weighted by Gasteiger charge is -2.33. The number of benzene rings is 1. The Morgan fingerprint density at radius 2 is 2.05 bits per heavy atom. The smallest absolute Gasteiger partial charge is 0.0624 e. The summed E-state index contributed by atoms with van der Waals surface area (Å²) in [6.07, 6.45) is 3.60. The Hall–Kier alpha value is -0.0300. The lowest BCUT2D eigenvalue weighted by Crippen LogP contribution is -2.53. The largest absolute Gasteiger partial charge is 0.394 e. The number of aliphatic hydroxyl groups is 1. The van der Waals surface area contributed by atoms with Gasteiger partial charge in [0.1, 0.15) is 0 Å². The molecule has 106 valence electrons. The number of aliphatic hydroxyl groups excluding tert-OH is 1. The number of halogens is 1. The second-order valence-electron chi connectivity index (χ2n) is 5.26. The number of hydrogen-bond acceptors (Lipinski definition) is 3. The number of hydrogen-bond donors (Lipinski definition) is 2. The van der Waals surface area contributed by atoms with Gasteiger partial charge in [-0.05, 0) is 56.0 Å². The zero-order valence-corrected chi connectivity index (χ0v) is 13.8. The minimum atomic E-state index is -0.0895. The van der Waals surface area contributed by atoms with Gasteiger partial charge in [0.15, 0.2) is 0 Å². The van der Waals surface area contributed by atoms with Crippen LogP contribution in [0.25, 0.3) is 0 Å². The third-order valence-electron chi connectivity index (χ3n) is 3.68. The standard InChI is InChI=1S/C15H22BrNOS/c1-2-9-17-15(10-18,12-3-4-12)11-19-14-7-5-13(16)6-8-14/h5-8,12,17-18H,2-4,9-11H2,1H3. The van der Waals surface area contributed by atoms with Gasteiger partial charge in [0.05, 0.1) is 12.1 Å². The summed E-state index contributed by atoms with van der Waals surface area (Å²) in [6.45, 7) is 3.39. The third kappa shape index (κ3) is 4.22. The molecular formula is C15H22BrNOS. The van der Waals surface area contributed by atoms with Crippen LogP contribution in [0.4, 0.5) is 0 Å². The Kier molecular flexibility index (Phi) is 5.75. The van der Waals surface area contributed by atoms with E-state index < -0.39 is 0 Å². The molecule has 2 N–H and O–H groups in total. The van der Waals surface area contributed by atoms with Gasteiger partial charge < -0.3 is 10.4 Å². The fourth-order valence-corrected chi connectivity index (χ4v) is 3.74. The molecular weight excluding hydrogens is 322 g/mol. The van der Waals surface area contributed by atoms with Crippen molar-refractivity contribution in [3.05, 3.63) is 28.7 Å². The van der Waals surface area contributed by atoms with E-state index in [4.69, 9.17) is 0 Å². The summed E-state index contributed by atoms with van der Waals surface area (Å²) in [6, 6.07) is 8.40. The SMILES string of the molecule is CCCNC(CO)(CSc1ccc(Br)cc1)C1CC1. The van der Waals surface area contributed by atoms with Crippen molar-refractivity contribution < 1.29 is 5.11 Å². The molecule has 1 fully saturated rings. The van der Waals surface area contributed by atoms with Crippen LogP contribution in [0.2, 0.25) is 0 Å². The molecule has 0 amide bonds.